The Bertz CT molecular complexity index is 473. The van der Waals surface area contributed by atoms with E-state index in [2.05, 4.69) is 28.5 Å². The topological polar surface area (TPSA) is 69.6 Å². The largest absolute Gasteiger partial charge is 0.318 e. The van der Waals surface area contributed by atoms with Crippen molar-refractivity contribution < 1.29 is 0 Å². The van der Waals surface area contributed by atoms with E-state index < -0.39 is 0 Å². The Morgan fingerprint density at radius 3 is 2.75 bits per heavy atom. The molecule has 0 fully saturated rings. The van der Waals surface area contributed by atoms with Gasteiger partial charge in [-0.25, -0.2) is 0 Å². The zero-order valence-electron chi connectivity index (χ0n) is 9.58. The molecule has 0 bridgehead atoms. The van der Waals surface area contributed by atoms with Crippen LogP contribution in [0, 0.1) is 0 Å². The minimum Gasteiger partial charge on any atom is -0.318 e. The Labute approximate surface area is 98.4 Å². The highest BCUT2D eigenvalue weighted by Gasteiger charge is 2.20. The van der Waals surface area contributed by atoms with Crippen molar-refractivity contribution in [1.29, 1.82) is 0 Å². The van der Waals surface area contributed by atoms with Gasteiger partial charge in [-0.15, -0.1) is 5.10 Å². The molecular formula is C10H15N5S. The molecular weight excluding hydrogens is 222 g/mol. The van der Waals surface area contributed by atoms with Crippen LogP contribution in [-0.4, -0.2) is 19.4 Å². The van der Waals surface area contributed by atoms with E-state index in [0.29, 0.717) is 5.92 Å². The Balaban J connectivity index is 2.33. The van der Waals surface area contributed by atoms with Crippen molar-refractivity contribution >= 4 is 11.5 Å². The lowest BCUT2D eigenvalue weighted by Crippen LogP contribution is -2.14. The normalized spacial score (nSPS) is 13.3. The van der Waals surface area contributed by atoms with Crippen LogP contribution in [0.2, 0.25) is 0 Å². The molecule has 2 heterocycles. The summed E-state index contributed by atoms with van der Waals surface area (Å²) in [4.78, 5) is 1.01. The van der Waals surface area contributed by atoms with E-state index in [1.54, 1.807) is 4.68 Å². The predicted molar refractivity (Wildman–Crippen MR) is 63.2 cm³/mol. The summed E-state index contributed by atoms with van der Waals surface area (Å²) in [5.74, 6) is 0.337. The Kier molecular flexibility index (Phi) is 3.02. The van der Waals surface area contributed by atoms with Gasteiger partial charge in [-0.3, -0.25) is 4.68 Å². The SMILES string of the molecule is CC(C)c1nnsc1C(N)c1ccn(C)n1. The van der Waals surface area contributed by atoms with Crippen molar-refractivity contribution in [1.82, 2.24) is 19.4 Å². The number of aryl methyl sites for hydroxylation is 1. The van der Waals surface area contributed by atoms with Crippen LogP contribution < -0.4 is 5.73 Å². The van der Waals surface area contributed by atoms with Gasteiger partial charge in [0.1, 0.15) is 0 Å². The quantitative estimate of drug-likeness (QED) is 0.877. The second-order valence-corrected chi connectivity index (χ2v) is 4.85. The fourth-order valence-electron chi connectivity index (χ4n) is 1.55. The third kappa shape index (κ3) is 1.98. The molecule has 0 aromatic carbocycles. The molecule has 6 heteroatoms. The fourth-order valence-corrected chi connectivity index (χ4v) is 2.37. The van der Waals surface area contributed by atoms with Crippen LogP contribution >= 0.6 is 11.5 Å². The molecule has 16 heavy (non-hydrogen) atoms. The van der Waals surface area contributed by atoms with Crippen molar-refractivity contribution in [2.45, 2.75) is 25.8 Å². The van der Waals surface area contributed by atoms with E-state index in [0.717, 1.165) is 16.3 Å². The van der Waals surface area contributed by atoms with E-state index >= 15 is 0 Å². The van der Waals surface area contributed by atoms with Gasteiger partial charge in [-0.2, -0.15) is 5.10 Å². The zero-order chi connectivity index (χ0) is 11.7. The Hall–Kier alpha value is -1.27. The summed E-state index contributed by atoms with van der Waals surface area (Å²) in [5, 5.41) is 8.43. The van der Waals surface area contributed by atoms with Crippen molar-refractivity contribution in [3.8, 4) is 0 Å². The van der Waals surface area contributed by atoms with Gasteiger partial charge in [-0.1, -0.05) is 18.3 Å². The van der Waals surface area contributed by atoms with Gasteiger partial charge < -0.3 is 5.73 Å². The summed E-state index contributed by atoms with van der Waals surface area (Å²) < 4.78 is 5.72. The molecule has 86 valence electrons. The van der Waals surface area contributed by atoms with Crippen molar-refractivity contribution in [3.63, 3.8) is 0 Å². The molecule has 2 aromatic rings. The number of rotatable bonds is 3. The summed E-state index contributed by atoms with van der Waals surface area (Å²) in [5.41, 5.74) is 8.00. The van der Waals surface area contributed by atoms with Crippen LogP contribution in [0.4, 0.5) is 0 Å². The minimum absolute atomic E-state index is 0.224. The smallest absolute Gasteiger partial charge is 0.0874 e. The molecule has 0 saturated heterocycles. The van der Waals surface area contributed by atoms with Crippen LogP contribution in [0.1, 0.15) is 42.1 Å². The van der Waals surface area contributed by atoms with Crippen molar-refractivity contribution in [2.24, 2.45) is 12.8 Å². The summed E-state index contributed by atoms with van der Waals surface area (Å²) in [7, 11) is 1.88. The maximum atomic E-state index is 6.17. The van der Waals surface area contributed by atoms with Gasteiger partial charge in [0.2, 0.25) is 0 Å². The number of nitrogens with two attached hydrogens (primary N) is 1. The first-order valence-electron chi connectivity index (χ1n) is 5.17. The third-order valence-corrected chi connectivity index (χ3v) is 3.25. The molecule has 0 amide bonds. The molecule has 2 aromatic heterocycles. The molecule has 0 saturated carbocycles. The Morgan fingerprint density at radius 1 is 1.44 bits per heavy atom. The van der Waals surface area contributed by atoms with E-state index in [1.807, 2.05) is 19.3 Å². The fraction of sp³-hybridized carbons (Fsp3) is 0.500. The van der Waals surface area contributed by atoms with Crippen LogP contribution in [0.5, 0.6) is 0 Å². The van der Waals surface area contributed by atoms with E-state index in [4.69, 9.17) is 5.73 Å². The highest BCUT2D eigenvalue weighted by Crippen LogP contribution is 2.27. The lowest BCUT2D eigenvalue weighted by atomic mass is 10.1. The molecule has 2 rings (SSSR count). The molecule has 5 nitrogen and oxygen atoms in total. The van der Waals surface area contributed by atoms with E-state index in [-0.39, 0.29) is 6.04 Å². The van der Waals surface area contributed by atoms with Crippen molar-refractivity contribution in [2.75, 3.05) is 0 Å². The van der Waals surface area contributed by atoms with Gasteiger partial charge in [0.25, 0.3) is 0 Å². The molecule has 1 atom stereocenters. The Morgan fingerprint density at radius 2 is 2.19 bits per heavy atom. The summed E-state index contributed by atoms with van der Waals surface area (Å²) in [6, 6.07) is 1.70. The van der Waals surface area contributed by atoms with Crippen LogP contribution in [-0.2, 0) is 7.05 Å². The lowest BCUT2D eigenvalue weighted by molar-refractivity contribution is 0.708. The average molecular weight is 237 g/mol. The molecule has 0 aliphatic carbocycles. The maximum Gasteiger partial charge on any atom is 0.0874 e. The van der Waals surface area contributed by atoms with Gasteiger partial charge in [0, 0.05) is 13.2 Å². The highest BCUT2D eigenvalue weighted by atomic mass is 32.1. The maximum absolute atomic E-state index is 6.17. The van der Waals surface area contributed by atoms with Gasteiger partial charge >= 0.3 is 0 Å². The number of aromatic nitrogens is 4. The zero-order valence-corrected chi connectivity index (χ0v) is 10.4. The number of nitrogens with zero attached hydrogens (tertiary/aromatic N) is 4. The molecule has 1 unspecified atom stereocenters. The summed E-state index contributed by atoms with van der Waals surface area (Å²) in [6.07, 6.45) is 1.89. The summed E-state index contributed by atoms with van der Waals surface area (Å²) >= 11 is 1.35. The van der Waals surface area contributed by atoms with Gasteiger partial charge in [-0.05, 0) is 23.5 Å². The standard InChI is InChI=1S/C10H15N5S/c1-6(2)9-10(16-14-12-9)8(11)7-4-5-15(3)13-7/h4-6,8H,11H2,1-3H3. The molecule has 2 N–H and O–H groups in total. The molecule has 0 radical (unpaired) electrons. The first kappa shape index (κ1) is 11.2. The summed E-state index contributed by atoms with van der Waals surface area (Å²) in [6.45, 7) is 4.18. The minimum atomic E-state index is -0.224. The second kappa shape index (κ2) is 4.31. The highest BCUT2D eigenvalue weighted by molar-refractivity contribution is 7.05. The van der Waals surface area contributed by atoms with Crippen LogP contribution in [0.25, 0.3) is 0 Å². The van der Waals surface area contributed by atoms with E-state index in [1.165, 1.54) is 11.5 Å². The van der Waals surface area contributed by atoms with Crippen molar-refractivity contribution in [3.05, 3.63) is 28.5 Å². The van der Waals surface area contributed by atoms with E-state index in [9.17, 15) is 0 Å². The average Bonchev–Trinajstić information content (AvgIpc) is 2.84. The first-order chi connectivity index (χ1) is 7.59. The van der Waals surface area contributed by atoms with Crippen LogP contribution in [0.15, 0.2) is 12.3 Å². The number of hydrogen-bond donors (Lipinski definition) is 1. The molecule has 0 aliphatic rings. The monoisotopic (exact) mass is 237 g/mol. The lowest BCUT2D eigenvalue weighted by Gasteiger charge is -2.09. The third-order valence-electron chi connectivity index (χ3n) is 2.42. The second-order valence-electron chi connectivity index (χ2n) is 4.07. The van der Waals surface area contributed by atoms with Gasteiger partial charge in [0.05, 0.1) is 22.3 Å². The first-order valence-corrected chi connectivity index (χ1v) is 5.94. The molecule has 0 spiro atoms. The van der Waals surface area contributed by atoms with Gasteiger partial charge in [0.15, 0.2) is 0 Å². The number of hydrogen-bond acceptors (Lipinski definition) is 5. The predicted octanol–water partition coefficient (Wildman–Crippen LogP) is 1.44. The van der Waals surface area contributed by atoms with Crippen LogP contribution in [0.3, 0.4) is 0 Å². The molecule has 0 aliphatic heterocycles.